The molecule has 208 valence electrons. The molecule has 0 aliphatic heterocycles. The second kappa shape index (κ2) is 10.9. The summed E-state index contributed by atoms with van der Waals surface area (Å²) in [7, 11) is 3.07. The Hall–Kier alpha value is -2.64. The predicted octanol–water partition coefficient (Wildman–Crippen LogP) is 1.53. The number of phenolic OH excluding ortho intramolecular Hbond substituents is 1. The lowest BCUT2D eigenvalue weighted by atomic mass is 9.57. The number of Topliss-reactive ketones (excluding diaryl/α,β-unsaturated/α-hetero) is 2. The first-order valence-electron chi connectivity index (χ1n) is 11.2. The van der Waals surface area contributed by atoms with E-state index in [1.54, 1.807) is 13.0 Å². The number of nitrogens with zero attached hydrogens (tertiary/aromatic N) is 1. The Morgan fingerprint density at radius 2 is 1.79 bits per heavy atom. The number of carbonyl (C=O) groups is 4. The van der Waals surface area contributed by atoms with E-state index in [2.05, 4.69) is 21.2 Å². The highest BCUT2D eigenvalue weighted by molar-refractivity contribution is 9.10. The van der Waals surface area contributed by atoms with Crippen molar-refractivity contribution in [3.63, 3.8) is 0 Å². The lowest BCUT2D eigenvalue weighted by Crippen LogP contribution is -2.65. The Balaban J connectivity index is 0.00000253. The molecule has 1 aromatic rings. The van der Waals surface area contributed by atoms with E-state index < -0.39 is 74.5 Å². The number of primary amides is 1. The van der Waals surface area contributed by atoms with Crippen molar-refractivity contribution >= 4 is 75.6 Å². The number of carbonyl (C=O) groups excluding carboxylic acids is 4. The Labute approximate surface area is 238 Å². The quantitative estimate of drug-likeness (QED) is 0.162. The van der Waals surface area contributed by atoms with Gasteiger partial charge in [0.1, 0.15) is 22.8 Å². The minimum Gasteiger partial charge on any atom is -0.508 e. The van der Waals surface area contributed by atoms with Crippen molar-refractivity contribution < 1.29 is 39.6 Å². The number of phenols is 1. The van der Waals surface area contributed by atoms with Gasteiger partial charge in [-0.15, -0.1) is 24.8 Å². The van der Waals surface area contributed by atoms with Crippen molar-refractivity contribution in [2.75, 3.05) is 19.4 Å². The number of ketones is 2. The Bertz CT molecular complexity index is 1300. The van der Waals surface area contributed by atoms with Crippen molar-refractivity contribution in [1.82, 2.24) is 4.90 Å². The highest BCUT2D eigenvalue weighted by Gasteiger charge is 2.64. The summed E-state index contributed by atoms with van der Waals surface area (Å²) in [5.74, 6) is -7.67. The third-order valence-corrected chi connectivity index (χ3v) is 7.63. The lowest BCUT2D eigenvalue weighted by Gasteiger charge is -2.50. The monoisotopic (exact) mass is 635 g/mol. The molecule has 0 heterocycles. The van der Waals surface area contributed by atoms with Crippen LogP contribution in [0.5, 0.6) is 5.75 Å². The molecule has 3 unspecified atom stereocenters. The molecule has 0 radical (unpaired) electrons. The second-order valence-corrected chi connectivity index (χ2v) is 10.9. The number of hydrogen-bond acceptors (Lipinski definition) is 9. The number of aromatic hydroxyl groups is 1. The number of rotatable bonds is 4. The maximum atomic E-state index is 13.8. The number of amides is 2. The number of fused-ring (bicyclic) bond motifs is 3. The molecular formula is C24H28BrCl2N3O8. The average molecular weight is 637 g/mol. The maximum absolute atomic E-state index is 13.8. The van der Waals surface area contributed by atoms with E-state index in [4.69, 9.17) is 5.73 Å². The van der Waals surface area contributed by atoms with E-state index in [9.17, 15) is 39.6 Å². The number of halogens is 3. The van der Waals surface area contributed by atoms with Crippen molar-refractivity contribution in [3.05, 3.63) is 40.2 Å². The van der Waals surface area contributed by atoms with Gasteiger partial charge in [0.05, 0.1) is 22.1 Å². The molecule has 1 fully saturated rings. The third-order valence-electron chi connectivity index (χ3n) is 7.21. The molecule has 14 heteroatoms. The molecule has 4 rings (SSSR count). The molecule has 1 aromatic carbocycles. The van der Waals surface area contributed by atoms with Crippen molar-refractivity contribution in [3.8, 4) is 5.75 Å². The summed E-state index contributed by atoms with van der Waals surface area (Å²) in [5, 5.41) is 46.9. The zero-order valence-corrected chi connectivity index (χ0v) is 23.7. The molecule has 0 spiro atoms. The van der Waals surface area contributed by atoms with Gasteiger partial charge in [0.25, 0.3) is 5.91 Å². The van der Waals surface area contributed by atoms with Crippen molar-refractivity contribution in [1.29, 1.82) is 0 Å². The van der Waals surface area contributed by atoms with Gasteiger partial charge in [-0.2, -0.15) is 0 Å². The first kappa shape index (κ1) is 31.6. The molecule has 0 saturated heterocycles. The number of hydrogen-bond donors (Lipinski definition) is 6. The molecule has 7 N–H and O–H groups in total. The molecule has 3 aliphatic rings. The smallest absolute Gasteiger partial charge is 0.255 e. The third kappa shape index (κ3) is 4.47. The summed E-state index contributed by atoms with van der Waals surface area (Å²) in [4.78, 5) is 51.8. The Morgan fingerprint density at radius 3 is 2.32 bits per heavy atom. The number of benzene rings is 1. The molecule has 38 heavy (non-hydrogen) atoms. The standard InChI is InChI=1S/C24H26BrN3O8.2ClH/c1-8(25)23(35)27-12-5-4-9-6-10-7-11-16(28(2)3)19(31)15(22(26)34)21(33)24(11,36)20(32)14(10)18(30)13(9)17(12)29;;/h4-5,8,10-11,16,29-30,33,36H,6-7H2,1-3H3,(H2,26,34)(H,27,35);2*1H/t8?,10?,11?,16-,24-;;/m0../s1. The van der Waals surface area contributed by atoms with E-state index in [-0.39, 0.29) is 54.5 Å². The van der Waals surface area contributed by atoms with E-state index in [1.807, 2.05) is 0 Å². The van der Waals surface area contributed by atoms with Crippen LogP contribution in [0.25, 0.3) is 5.76 Å². The molecule has 2 amide bonds. The van der Waals surface area contributed by atoms with Gasteiger partial charge in [-0.25, -0.2) is 0 Å². The molecule has 3 aliphatic carbocycles. The first-order valence-corrected chi connectivity index (χ1v) is 12.1. The maximum Gasteiger partial charge on any atom is 0.255 e. The Morgan fingerprint density at radius 1 is 1.18 bits per heavy atom. The van der Waals surface area contributed by atoms with Gasteiger partial charge >= 0.3 is 0 Å². The van der Waals surface area contributed by atoms with Gasteiger partial charge in [0.15, 0.2) is 11.4 Å². The molecular weight excluding hydrogens is 609 g/mol. The minimum atomic E-state index is -2.70. The number of anilines is 1. The normalized spacial score (nSPS) is 26.9. The van der Waals surface area contributed by atoms with Gasteiger partial charge in [-0.3, -0.25) is 24.1 Å². The van der Waals surface area contributed by atoms with E-state index >= 15 is 0 Å². The molecule has 11 nitrogen and oxygen atoms in total. The summed E-state index contributed by atoms with van der Waals surface area (Å²) < 4.78 is 0. The minimum absolute atomic E-state index is 0. The van der Waals surface area contributed by atoms with Gasteiger partial charge in [-0.1, -0.05) is 22.0 Å². The van der Waals surface area contributed by atoms with Crippen LogP contribution < -0.4 is 11.1 Å². The first-order chi connectivity index (χ1) is 16.7. The largest absolute Gasteiger partial charge is 0.508 e. The van der Waals surface area contributed by atoms with Crippen LogP contribution in [-0.4, -0.2) is 79.3 Å². The van der Waals surface area contributed by atoms with Crippen LogP contribution in [0.15, 0.2) is 29.0 Å². The summed E-state index contributed by atoms with van der Waals surface area (Å²) in [6.07, 6.45) is 0.178. The van der Waals surface area contributed by atoms with E-state index in [1.165, 1.54) is 25.1 Å². The van der Waals surface area contributed by atoms with Crippen LogP contribution in [0.1, 0.15) is 24.5 Å². The van der Waals surface area contributed by atoms with Gasteiger partial charge < -0.3 is 31.5 Å². The van der Waals surface area contributed by atoms with Crippen LogP contribution in [0.2, 0.25) is 0 Å². The van der Waals surface area contributed by atoms with Gasteiger partial charge in [-0.05, 0) is 51.4 Å². The number of nitrogens with two attached hydrogens (primary N) is 1. The zero-order chi connectivity index (χ0) is 26.9. The summed E-state index contributed by atoms with van der Waals surface area (Å²) >= 11 is 3.13. The fraction of sp³-hybridized carbons (Fsp3) is 0.417. The van der Waals surface area contributed by atoms with Crippen molar-refractivity contribution in [2.24, 2.45) is 17.6 Å². The van der Waals surface area contributed by atoms with Gasteiger partial charge in [0, 0.05) is 11.5 Å². The fourth-order valence-corrected chi connectivity index (χ4v) is 5.67. The van der Waals surface area contributed by atoms with Crippen LogP contribution in [-0.2, 0) is 25.6 Å². The molecule has 5 atom stereocenters. The highest BCUT2D eigenvalue weighted by Crippen LogP contribution is 2.53. The second-order valence-electron chi connectivity index (χ2n) is 9.56. The number of alkyl halides is 1. The van der Waals surface area contributed by atoms with Crippen LogP contribution in [0.3, 0.4) is 0 Å². The van der Waals surface area contributed by atoms with Crippen LogP contribution in [0, 0.1) is 11.8 Å². The number of aliphatic hydroxyl groups is 3. The predicted molar refractivity (Wildman–Crippen MR) is 146 cm³/mol. The molecule has 1 saturated carbocycles. The van der Waals surface area contributed by atoms with Gasteiger partial charge in [0.2, 0.25) is 11.7 Å². The topological polar surface area (TPSA) is 190 Å². The molecule has 0 bridgehead atoms. The summed E-state index contributed by atoms with van der Waals surface area (Å²) in [6, 6.07) is 1.93. The summed E-state index contributed by atoms with van der Waals surface area (Å²) in [6.45, 7) is 1.59. The zero-order valence-electron chi connectivity index (χ0n) is 20.5. The van der Waals surface area contributed by atoms with Crippen LogP contribution in [0.4, 0.5) is 5.69 Å². The lowest BCUT2D eigenvalue weighted by molar-refractivity contribution is -0.153. The van der Waals surface area contributed by atoms with Crippen LogP contribution >= 0.6 is 40.7 Å². The fourth-order valence-electron chi connectivity index (χ4n) is 5.55. The summed E-state index contributed by atoms with van der Waals surface area (Å²) in [5.41, 5.74) is 1.89. The average Bonchev–Trinajstić information content (AvgIpc) is 2.77. The van der Waals surface area contributed by atoms with Crippen molar-refractivity contribution in [2.45, 2.75) is 36.2 Å². The van der Waals surface area contributed by atoms with E-state index in [0.29, 0.717) is 5.56 Å². The highest BCUT2D eigenvalue weighted by atomic mass is 79.9. The Kier molecular flexibility index (Phi) is 9.02. The molecule has 0 aromatic heterocycles. The number of aliphatic hydroxyl groups excluding tert-OH is 2. The number of nitrogens with one attached hydrogen (secondary N) is 1. The SMILES string of the molecule is CC(Br)C(=O)Nc1ccc2c(c1O)C(O)=C1C(=O)[C@]3(O)C(O)=C(C(N)=O)C(=O)[C@@H](N(C)C)C3CC1C2.Cl.Cl. The number of likely N-dealkylation sites (N-methyl/N-ethyl adjacent to an activating group) is 1. The van der Waals surface area contributed by atoms with E-state index in [0.717, 1.165) is 0 Å².